The Hall–Kier alpha value is -6.42. The molecular formula is C56H47N4OPt-3. The number of ether oxygens (including phenoxy) is 1. The van der Waals surface area contributed by atoms with Crippen molar-refractivity contribution in [3.8, 4) is 39.6 Å². The van der Waals surface area contributed by atoms with Crippen LogP contribution >= 0.6 is 0 Å². The van der Waals surface area contributed by atoms with Gasteiger partial charge in [0, 0.05) is 73.8 Å². The molecule has 6 heteroatoms. The first-order valence-electron chi connectivity index (χ1n) is 23.9. The molecule has 62 heavy (non-hydrogen) atoms. The number of nitrogens with zero attached hydrogens (tertiary/aromatic N) is 4. The first kappa shape index (κ1) is 33.2. The van der Waals surface area contributed by atoms with E-state index in [2.05, 4.69) is 100.0 Å². The third-order valence-electron chi connectivity index (χ3n) is 11.2. The molecule has 0 N–H and O–H groups in total. The van der Waals surface area contributed by atoms with Gasteiger partial charge in [-0.3, -0.25) is 0 Å². The molecule has 0 amide bonds. The molecule has 0 fully saturated rings. The van der Waals surface area contributed by atoms with Gasteiger partial charge in [-0.15, -0.1) is 48.0 Å². The summed E-state index contributed by atoms with van der Waals surface area (Å²) in [6.07, 6.45) is 1.68. The number of hydrogen-bond donors (Lipinski definition) is 0. The Bertz CT molecular complexity index is 3420. The fourth-order valence-electron chi connectivity index (χ4n) is 7.99. The molecule has 0 aliphatic carbocycles. The molecular weight excluding hydrogens is 940 g/mol. The summed E-state index contributed by atoms with van der Waals surface area (Å²) in [6, 6.07) is 44.7. The van der Waals surface area contributed by atoms with Crippen molar-refractivity contribution in [2.24, 2.45) is 0 Å². The second-order valence-electron chi connectivity index (χ2n) is 17.3. The average Bonchev–Trinajstić information content (AvgIpc) is 3.89. The van der Waals surface area contributed by atoms with Gasteiger partial charge in [0.1, 0.15) is 5.82 Å². The van der Waals surface area contributed by atoms with Gasteiger partial charge in [0.15, 0.2) is 0 Å². The smallest absolute Gasteiger partial charge is 0.135 e. The maximum Gasteiger partial charge on any atom is 0.135 e. The average molecular weight is 994 g/mol. The van der Waals surface area contributed by atoms with E-state index < -0.39 is 0 Å². The first-order chi connectivity index (χ1) is 32.4. The van der Waals surface area contributed by atoms with Gasteiger partial charge in [-0.25, -0.2) is 4.98 Å². The Morgan fingerprint density at radius 1 is 0.597 bits per heavy atom. The Morgan fingerprint density at radius 3 is 1.89 bits per heavy atom. The third kappa shape index (κ3) is 7.49. The Morgan fingerprint density at radius 2 is 1.23 bits per heavy atom. The zero-order chi connectivity index (χ0) is 48.0. The topological polar surface area (TPSA) is 33.5 Å². The summed E-state index contributed by atoms with van der Waals surface area (Å²) in [7, 11) is 0. The summed E-state index contributed by atoms with van der Waals surface area (Å²) in [5.74, 6) is 0.470. The van der Waals surface area contributed by atoms with Gasteiger partial charge >= 0.3 is 0 Å². The number of para-hydroxylation sites is 3. The van der Waals surface area contributed by atoms with Crippen LogP contribution in [-0.4, -0.2) is 9.55 Å². The van der Waals surface area contributed by atoms with Crippen molar-refractivity contribution < 1.29 is 35.4 Å². The van der Waals surface area contributed by atoms with Gasteiger partial charge in [0.05, 0.1) is 5.48 Å². The number of benzene rings is 7. The molecule has 7 aromatic carbocycles. The largest absolute Gasteiger partial charge is 0.509 e. The molecule has 9 aromatic rings. The number of rotatable bonds is 7. The standard InChI is InChI=1S/C56H47N4O.Pt/c1-55(2,3)40-30-31-57-53(34-40)60-49-25-14-13-24-45(49)46-29-28-44(36-52(46)60)61-43-23-17-22-42(35-43)58-37-59(51-27-16-15-26-50(51)58)54-47(38-18-9-7-10-19-38)32-41(56(4,5)6)33-48(54)39-20-11-8-12-21-39;/h7-34,37H,1-6H3;/q-3;/i13D,14D,17D,22D,23D,24D,25D;. The Kier molecular flexibility index (Phi) is 8.64. The van der Waals surface area contributed by atoms with Gasteiger partial charge in [0.25, 0.3) is 0 Å². The van der Waals surface area contributed by atoms with Crippen molar-refractivity contribution in [1.82, 2.24) is 9.55 Å². The molecule has 0 atom stereocenters. The molecule has 310 valence electrons. The van der Waals surface area contributed by atoms with Gasteiger partial charge in [0.2, 0.25) is 0 Å². The van der Waals surface area contributed by atoms with Crippen LogP contribution in [0.15, 0.2) is 170 Å². The summed E-state index contributed by atoms with van der Waals surface area (Å²) in [4.78, 5) is 8.64. The minimum atomic E-state index is -0.372. The van der Waals surface area contributed by atoms with Crippen LogP contribution in [0.1, 0.15) is 62.3 Å². The van der Waals surface area contributed by atoms with Crippen molar-refractivity contribution in [1.29, 1.82) is 0 Å². The zero-order valence-corrected chi connectivity index (χ0v) is 37.5. The number of pyridine rings is 1. The monoisotopic (exact) mass is 993 g/mol. The zero-order valence-electron chi connectivity index (χ0n) is 42.2. The minimum absolute atomic E-state index is 0. The summed E-state index contributed by atoms with van der Waals surface area (Å²) >= 11 is 0. The van der Waals surface area contributed by atoms with Crippen molar-refractivity contribution in [2.75, 3.05) is 9.80 Å². The molecule has 5 nitrogen and oxygen atoms in total. The molecule has 1 aliphatic heterocycles. The van der Waals surface area contributed by atoms with Crippen LogP contribution in [0, 0.1) is 18.8 Å². The van der Waals surface area contributed by atoms with E-state index in [1.807, 2.05) is 84.4 Å². The molecule has 0 saturated carbocycles. The van der Waals surface area contributed by atoms with E-state index in [0.717, 1.165) is 44.9 Å². The van der Waals surface area contributed by atoms with Crippen molar-refractivity contribution in [2.45, 2.75) is 52.4 Å². The van der Waals surface area contributed by atoms with Crippen LogP contribution < -0.4 is 14.5 Å². The van der Waals surface area contributed by atoms with E-state index in [-0.39, 0.29) is 96.9 Å². The summed E-state index contributed by atoms with van der Waals surface area (Å²) < 4.78 is 70.7. The van der Waals surface area contributed by atoms with Crippen molar-refractivity contribution in [3.63, 3.8) is 0 Å². The number of fused-ring (bicyclic) bond motifs is 4. The van der Waals surface area contributed by atoms with Crippen LogP contribution in [0.5, 0.6) is 11.5 Å². The van der Waals surface area contributed by atoms with E-state index in [0.29, 0.717) is 22.1 Å². The van der Waals surface area contributed by atoms with Gasteiger partial charge in [-0.1, -0.05) is 138 Å². The second-order valence-corrected chi connectivity index (χ2v) is 17.3. The number of hydrogen-bond acceptors (Lipinski definition) is 4. The number of aromatic nitrogens is 2. The molecule has 0 bridgehead atoms. The summed E-state index contributed by atoms with van der Waals surface area (Å²) in [5.41, 5.74) is 9.16. The predicted molar refractivity (Wildman–Crippen MR) is 252 cm³/mol. The van der Waals surface area contributed by atoms with Crippen LogP contribution in [0.4, 0.5) is 22.7 Å². The molecule has 3 heterocycles. The van der Waals surface area contributed by atoms with E-state index in [9.17, 15) is 1.37 Å². The summed E-state index contributed by atoms with van der Waals surface area (Å²) in [6.45, 7) is 14.8. The van der Waals surface area contributed by atoms with Crippen molar-refractivity contribution >= 4 is 44.6 Å². The van der Waals surface area contributed by atoms with E-state index in [4.69, 9.17) is 13.0 Å². The molecule has 0 spiro atoms. The first-order valence-corrected chi connectivity index (χ1v) is 20.4. The van der Waals surface area contributed by atoms with Gasteiger partial charge in [-0.2, -0.15) is 12.1 Å². The van der Waals surface area contributed by atoms with Gasteiger partial charge in [-0.05, 0) is 83.7 Å². The molecule has 0 saturated heterocycles. The van der Waals surface area contributed by atoms with Crippen LogP contribution in [-0.2, 0) is 31.9 Å². The van der Waals surface area contributed by atoms with E-state index in [1.54, 1.807) is 22.9 Å². The molecule has 2 aromatic heterocycles. The molecule has 10 rings (SSSR count). The van der Waals surface area contributed by atoms with E-state index in [1.165, 1.54) is 5.56 Å². The van der Waals surface area contributed by atoms with Crippen LogP contribution in [0.3, 0.4) is 0 Å². The fourth-order valence-corrected chi connectivity index (χ4v) is 7.99. The normalized spacial score (nSPS) is 14.3. The number of anilines is 4. The van der Waals surface area contributed by atoms with E-state index >= 15 is 0 Å². The van der Waals surface area contributed by atoms with Crippen molar-refractivity contribution in [3.05, 3.63) is 200 Å². The molecule has 0 radical (unpaired) electrons. The van der Waals surface area contributed by atoms with Gasteiger partial charge < -0.3 is 19.1 Å². The predicted octanol–water partition coefficient (Wildman–Crippen LogP) is 14.9. The maximum absolute atomic E-state index is 9.31. The molecule has 1 aliphatic rings. The maximum atomic E-state index is 9.31. The SMILES string of the molecule is [2H]c1c(Oc2[c-]c3c(cc2)c2c([2H])c([2H])c([2H])c([2H])c2n3-c2cc(C(C)(C)C)ccn2)[c-]c(N2[CH-]N(c3c(-c4ccccc4)cc(C(C)(C)C)cc3-c3ccccc3)c3ccccc32)c([2H])c1[2H].[Pt]. The molecule has 0 unspecified atom stereocenters. The third-order valence-corrected chi connectivity index (χ3v) is 11.2. The fraction of sp³-hybridized carbons (Fsp3) is 0.143. The minimum Gasteiger partial charge on any atom is -0.509 e. The quantitative estimate of drug-likeness (QED) is 0.149. The summed E-state index contributed by atoms with van der Waals surface area (Å²) in [5, 5.41) is 0.815. The van der Waals surface area contributed by atoms with Crippen LogP contribution in [0.25, 0.3) is 49.9 Å². The Balaban J connectivity index is 0.00000593. The Labute approximate surface area is 389 Å². The second kappa shape index (κ2) is 16.1. The van der Waals surface area contributed by atoms with Crippen LogP contribution in [0.2, 0.25) is 0 Å².